The molecule has 0 saturated carbocycles. The molecule has 0 radical (unpaired) electrons. The number of aliphatic hydroxyl groups is 1. The van der Waals surface area contributed by atoms with Crippen molar-refractivity contribution in [1.82, 2.24) is 14.9 Å². The predicted octanol–water partition coefficient (Wildman–Crippen LogP) is 3.65. The van der Waals surface area contributed by atoms with E-state index in [1.807, 2.05) is 0 Å². The molecule has 13 heteroatoms. The fourth-order valence-corrected chi connectivity index (χ4v) is 4.91. The van der Waals surface area contributed by atoms with Crippen LogP contribution >= 0.6 is 0 Å². The van der Waals surface area contributed by atoms with Gasteiger partial charge in [0.1, 0.15) is 5.75 Å². The standard InChI is InChI=1S/C28H31N5O7S/c1-33(2)28(35)18-9-7-10-20(15-18)41(36,37)32-27-26(29-21-11-5-6-12-22(21)30-27)31-23-16-19(38-3)17-24(39-4)25(23)40-14-8-13-34/h5-7,9-12,15-17,34H,8,13-14H2,1-4H3,(H,29,31)(H,30,32). The van der Waals surface area contributed by atoms with Crippen molar-refractivity contribution in [3.63, 3.8) is 0 Å². The fraction of sp³-hybridized carbons (Fsp3) is 0.250. The van der Waals surface area contributed by atoms with Gasteiger partial charge in [-0.15, -0.1) is 0 Å². The highest BCUT2D eigenvalue weighted by Crippen LogP contribution is 2.42. The molecule has 41 heavy (non-hydrogen) atoms. The molecule has 1 heterocycles. The quantitative estimate of drug-likeness (QED) is 0.211. The minimum Gasteiger partial charge on any atom is -0.497 e. The molecule has 0 fully saturated rings. The highest BCUT2D eigenvalue weighted by molar-refractivity contribution is 7.92. The molecule has 12 nitrogen and oxygen atoms in total. The number of ether oxygens (including phenoxy) is 3. The predicted molar refractivity (Wildman–Crippen MR) is 155 cm³/mol. The first kappa shape index (κ1) is 29.4. The number of nitrogens with one attached hydrogen (secondary N) is 2. The summed E-state index contributed by atoms with van der Waals surface area (Å²) < 4.78 is 46.3. The lowest BCUT2D eigenvalue weighted by Crippen LogP contribution is -2.22. The molecule has 4 aromatic rings. The second kappa shape index (κ2) is 12.7. The third kappa shape index (κ3) is 6.76. The van der Waals surface area contributed by atoms with Crippen molar-refractivity contribution in [2.45, 2.75) is 11.3 Å². The number of aliphatic hydroxyl groups excluding tert-OH is 1. The lowest BCUT2D eigenvalue weighted by Gasteiger charge is -2.19. The monoisotopic (exact) mass is 581 g/mol. The first-order chi connectivity index (χ1) is 19.7. The molecule has 4 rings (SSSR count). The molecule has 1 aromatic heterocycles. The SMILES string of the molecule is COc1cc(Nc2nc3ccccc3nc2NS(=O)(=O)c2cccc(C(=O)N(C)C)c2)c(OCCCO)c(OC)c1. The van der Waals surface area contributed by atoms with Crippen molar-refractivity contribution in [3.8, 4) is 17.2 Å². The molecule has 0 spiro atoms. The van der Waals surface area contributed by atoms with Crippen LogP contribution in [0.3, 0.4) is 0 Å². The maximum absolute atomic E-state index is 13.5. The summed E-state index contributed by atoms with van der Waals surface area (Å²) in [5, 5.41) is 12.3. The summed E-state index contributed by atoms with van der Waals surface area (Å²) in [6.07, 6.45) is 0.380. The number of nitrogens with zero attached hydrogens (tertiary/aromatic N) is 3. The fourth-order valence-electron chi connectivity index (χ4n) is 3.85. The summed E-state index contributed by atoms with van der Waals surface area (Å²) in [4.78, 5) is 22.8. The van der Waals surface area contributed by atoms with Crippen molar-refractivity contribution in [3.05, 3.63) is 66.2 Å². The average Bonchev–Trinajstić information content (AvgIpc) is 2.97. The minimum atomic E-state index is -4.20. The molecule has 0 aliphatic rings. The zero-order valence-electron chi connectivity index (χ0n) is 23.0. The Morgan fingerprint density at radius 3 is 2.29 bits per heavy atom. The number of para-hydroxylation sites is 2. The van der Waals surface area contributed by atoms with Gasteiger partial charge in [-0.2, -0.15) is 0 Å². The Hall–Kier alpha value is -4.62. The average molecular weight is 582 g/mol. The topological polar surface area (TPSA) is 152 Å². The lowest BCUT2D eigenvalue weighted by atomic mass is 10.2. The van der Waals surface area contributed by atoms with Crippen molar-refractivity contribution >= 4 is 44.3 Å². The normalized spacial score (nSPS) is 11.1. The van der Waals surface area contributed by atoms with Crippen molar-refractivity contribution < 1.29 is 32.5 Å². The van der Waals surface area contributed by atoms with Crippen LogP contribution in [0.5, 0.6) is 17.2 Å². The number of fused-ring (bicyclic) bond motifs is 1. The number of sulfonamides is 1. The van der Waals surface area contributed by atoms with Crippen LogP contribution in [0.1, 0.15) is 16.8 Å². The van der Waals surface area contributed by atoms with Gasteiger partial charge in [-0.25, -0.2) is 18.4 Å². The maximum atomic E-state index is 13.5. The lowest BCUT2D eigenvalue weighted by molar-refractivity contribution is 0.0827. The molecule has 0 atom stereocenters. The third-order valence-corrected chi connectivity index (χ3v) is 7.22. The van der Waals surface area contributed by atoms with E-state index in [4.69, 9.17) is 14.2 Å². The summed E-state index contributed by atoms with van der Waals surface area (Å²) in [6, 6.07) is 16.0. The third-order valence-electron chi connectivity index (χ3n) is 5.88. The van der Waals surface area contributed by atoms with Gasteiger partial charge in [0, 0.05) is 44.8 Å². The van der Waals surface area contributed by atoms with E-state index in [1.54, 1.807) is 56.6 Å². The molecule has 3 aromatic carbocycles. The Labute approximate surface area is 238 Å². The van der Waals surface area contributed by atoms with Crippen LogP contribution in [-0.4, -0.2) is 75.8 Å². The Morgan fingerprint density at radius 1 is 0.951 bits per heavy atom. The molecule has 0 unspecified atom stereocenters. The van der Waals surface area contributed by atoms with Crippen LogP contribution in [-0.2, 0) is 10.0 Å². The molecule has 0 saturated heterocycles. The van der Waals surface area contributed by atoms with Gasteiger partial charge in [-0.3, -0.25) is 9.52 Å². The number of methoxy groups -OCH3 is 2. The molecular weight excluding hydrogens is 550 g/mol. The van der Waals surface area contributed by atoms with E-state index in [1.165, 1.54) is 37.3 Å². The van der Waals surface area contributed by atoms with E-state index in [0.717, 1.165) is 0 Å². The zero-order chi connectivity index (χ0) is 29.6. The van der Waals surface area contributed by atoms with Crippen LogP contribution in [0.15, 0.2) is 65.6 Å². The second-order valence-corrected chi connectivity index (χ2v) is 10.7. The molecule has 0 aliphatic carbocycles. The molecule has 1 amide bonds. The van der Waals surface area contributed by atoms with E-state index >= 15 is 0 Å². The molecule has 0 aliphatic heterocycles. The number of rotatable bonds is 12. The van der Waals surface area contributed by atoms with E-state index in [9.17, 15) is 18.3 Å². The summed E-state index contributed by atoms with van der Waals surface area (Å²) in [6.45, 7) is 0.128. The van der Waals surface area contributed by atoms with E-state index in [0.29, 0.717) is 40.4 Å². The second-order valence-electron chi connectivity index (χ2n) is 9.00. The molecule has 0 bridgehead atoms. The minimum absolute atomic E-state index is 0.0648. The number of aromatic nitrogens is 2. The first-order valence-electron chi connectivity index (χ1n) is 12.5. The van der Waals surface area contributed by atoms with Gasteiger partial charge in [0.25, 0.3) is 15.9 Å². The number of carbonyl (C=O) groups is 1. The van der Waals surface area contributed by atoms with Gasteiger partial charge in [-0.1, -0.05) is 18.2 Å². The molecular formula is C28H31N5O7S. The highest BCUT2D eigenvalue weighted by Gasteiger charge is 2.23. The number of carbonyl (C=O) groups excluding carboxylic acids is 1. The maximum Gasteiger partial charge on any atom is 0.263 e. The van der Waals surface area contributed by atoms with Gasteiger partial charge in [0.2, 0.25) is 0 Å². The number of hydrogen-bond acceptors (Lipinski definition) is 10. The number of anilines is 3. The van der Waals surface area contributed by atoms with Crippen molar-refractivity contribution in [1.29, 1.82) is 0 Å². The molecule has 3 N–H and O–H groups in total. The smallest absolute Gasteiger partial charge is 0.263 e. The zero-order valence-corrected chi connectivity index (χ0v) is 23.9. The summed E-state index contributed by atoms with van der Waals surface area (Å²) >= 11 is 0. The van der Waals surface area contributed by atoms with E-state index in [2.05, 4.69) is 20.0 Å². The van der Waals surface area contributed by atoms with Crippen molar-refractivity contribution in [2.24, 2.45) is 0 Å². The number of hydrogen-bond donors (Lipinski definition) is 3. The Balaban J connectivity index is 1.80. The summed E-state index contributed by atoms with van der Waals surface area (Å²) in [5.74, 6) is 0.752. The number of benzene rings is 3. The highest BCUT2D eigenvalue weighted by atomic mass is 32.2. The Kier molecular flexibility index (Phi) is 9.10. The van der Waals surface area contributed by atoms with Crippen LogP contribution in [0.2, 0.25) is 0 Å². The summed E-state index contributed by atoms with van der Waals surface area (Å²) in [7, 11) is 1.93. The van der Waals surface area contributed by atoms with E-state index < -0.39 is 10.0 Å². The summed E-state index contributed by atoms with van der Waals surface area (Å²) in [5.41, 5.74) is 1.54. The van der Waals surface area contributed by atoms with Gasteiger partial charge in [0.05, 0.1) is 42.4 Å². The number of amides is 1. The van der Waals surface area contributed by atoms with Gasteiger partial charge < -0.3 is 29.5 Å². The van der Waals surface area contributed by atoms with E-state index in [-0.39, 0.29) is 41.2 Å². The van der Waals surface area contributed by atoms with Crippen LogP contribution in [0.4, 0.5) is 17.3 Å². The van der Waals surface area contributed by atoms with Gasteiger partial charge >= 0.3 is 0 Å². The van der Waals surface area contributed by atoms with Gasteiger partial charge in [0.15, 0.2) is 23.1 Å². The molecule has 216 valence electrons. The van der Waals surface area contributed by atoms with Gasteiger partial charge in [-0.05, 0) is 30.3 Å². The largest absolute Gasteiger partial charge is 0.497 e. The van der Waals surface area contributed by atoms with Crippen LogP contribution < -0.4 is 24.2 Å². The Morgan fingerprint density at radius 2 is 1.66 bits per heavy atom. The van der Waals surface area contributed by atoms with Crippen LogP contribution in [0.25, 0.3) is 11.0 Å². The van der Waals surface area contributed by atoms with Crippen LogP contribution in [0, 0.1) is 0 Å². The Bertz CT molecular complexity index is 1660. The van der Waals surface area contributed by atoms with Crippen molar-refractivity contribution in [2.75, 3.05) is 51.6 Å². The first-order valence-corrected chi connectivity index (χ1v) is 14.0.